The van der Waals surface area contributed by atoms with Crippen LogP contribution in [0.5, 0.6) is 11.5 Å². The molecule has 2 rings (SSSR count). The lowest BCUT2D eigenvalue weighted by molar-refractivity contribution is -0.136. The van der Waals surface area contributed by atoms with Gasteiger partial charge >= 0.3 is 5.97 Å². The van der Waals surface area contributed by atoms with Gasteiger partial charge in [0.25, 0.3) is 0 Å². The van der Waals surface area contributed by atoms with Crippen LogP contribution in [0.4, 0.5) is 0 Å². The molecule has 0 aliphatic carbocycles. The van der Waals surface area contributed by atoms with Crippen molar-refractivity contribution in [2.45, 2.75) is 24.3 Å². The molecule has 0 unspecified atom stereocenters. The second kappa shape index (κ2) is 7.75. The molecule has 0 radical (unpaired) electrons. The van der Waals surface area contributed by atoms with Gasteiger partial charge in [-0.05, 0) is 48.1 Å². The van der Waals surface area contributed by atoms with Gasteiger partial charge in [-0.2, -0.15) is 0 Å². The molecule has 0 aromatic heterocycles. The van der Waals surface area contributed by atoms with Gasteiger partial charge in [-0.3, -0.25) is 4.79 Å². The van der Waals surface area contributed by atoms with Crippen LogP contribution in [0.15, 0.2) is 47.4 Å². The molecule has 0 heterocycles. The van der Waals surface area contributed by atoms with E-state index in [4.69, 9.17) is 9.84 Å². The topological polar surface area (TPSA) is 66.8 Å². The lowest BCUT2D eigenvalue weighted by atomic mass is 10.1. The number of benzene rings is 2. The second-order valence-corrected chi connectivity index (χ2v) is 5.68. The maximum Gasteiger partial charge on any atom is 0.303 e. The van der Waals surface area contributed by atoms with E-state index in [2.05, 4.69) is 0 Å². The van der Waals surface area contributed by atoms with Crippen LogP contribution in [0.1, 0.15) is 17.5 Å². The Hall–Kier alpha value is -2.14. The minimum atomic E-state index is -0.794. The van der Waals surface area contributed by atoms with E-state index in [1.807, 2.05) is 42.7 Å². The number of aryl methyl sites for hydroxylation is 1. The largest absolute Gasteiger partial charge is 0.507 e. The molecule has 0 saturated carbocycles. The number of carboxylic acids is 1. The van der Waals surface area contributed by atoms with Gasteiger partial charge in [-0.15, -0.1) is 11.8 Å². The van der Waals surface area contributed by atoms with Crippen molar-refractivity contribution in [3.63, 3.8) is 0 Å². The first-order valence-corrected chi connectivity index (χ1v) is 8.10. The highest BCUT2D eigenvalue weighted by Gasteiger charge is 2.03. The minimum absolute atomic E-state index is 0.130. The Morgan fingerprint density at radius 2 is 1.82 bits per heavy atom. The van der Waals surface area contributed by atoms with Crippen molar-refractivity contribution in [3.05, 3.63) is 53.6 Å². The van der Waals surface area contributed by atoms with E-state index >= 15 is 0 Å². The van der Waals surface area contributed by atoms with Crippen LogP contribution < -0.4 is 4.74 Å². The van der Waals surface area contributed by atoms with Gasteiger partial charge < -0.3 is 14.9 Å². The summed E-state index contributed by atoms with van der Waals surface area (Å²) in [5.41, 5.74) is 1.96. The van der Waals surface area contributed by atoms with Crippen LogP contribution in [0.3, 0.4) is 0 Å². The SMILES string of the molecule is CSc1cc(COc2ccc(CCC(=O)O)cc2)ccc1O. The van der Waals surface area contributed by atoms with Crippen LogP contribution >= 0.6 is 11.8 Å². The second-order valence-electron chi connectivity index (χ2n) is 4.83. The Morgan fingerprint density at radius 1 is 1.14 bits per heavy atom. The van der Waals surface area contributed by atoms with E-state index in [9.17, 15) is 9.90 Å². The Morgan fingerprint density at radius 3 is 2.45 bits per heavy atom. The average molecular weight is 318 g/mol. The van der Waals surface area contributed by atoms with Crippen LogP contribution in [0, 0.1) is 0 Å². The molecule has 2 N–H and O–H groups in total. The molecule has 4 nitrogen and oxygen atoms in total. The normalized spacial score (nSPS) is 10.4. The van der Waals surface area contributed by atoms with Crippen molar-refractivity contribution in [3.8, 4) is 11.5 Å². The number of aliphatic carboxylic acids is 1. The number of phenols is 1. The number of hydrogen-bond donors (Lipinski definition) is 2. The Bertz CT molecular complexity index is 638. The standard InChI is InChI=1S/C17H18O4S/c1-22-16-10-13(4-8-15(16)18)11-21-14-6-2-12(3-7-14)5-9-17(19)20/h2-4,6-8,10,18H,5,9,11H2,1H3,(H,19,20). The molecular formula is C17H18O4S. The monoisotopic (exact) mass is 318 g/mol. The average Bonchev–Trinajstić information content (AvgIpc) is 2.53. The number of carbonyl (C=O) groups is 1. The molecule has 0 fully saturated rings. The number of phenolic OH excluding ortho intramolecular Hbond substituents is 1. The molecule has 2 aromatic carbocycles. The summed E-state index contributed by atoms with van der Waals surface area (Å²) in [4.78, 5) is 11.4. The van der Waals surface area contributed by atoms with E-state index in [0.29, 0.717) is 13.0 Å². The quantitative estimate of drug-likeness (QED) is 0.762. The number of aromatic hydroxyl groups is 1. The third-order valence-corrected chi connectivity index (χ3v) is 3.97. The van der Waals surface area contributed by atoms with Crippen molar-refractivity contribution in [2.24, 2.45) is 0 Å². The molecule has 22 heavy (non-hydrogen) atoms. The molecule has 5 heteroatoms. The van der Waals surface area contributed by atoms with Crippen LogP contribution in [-0.4, -0.2) is 22.4 Å². The summed E-state index contributed by atoms with van der Waals surface area (Å²) < 4.78 is 5.70. The van der Waals surface area contributed by atoms with Crippen LogP contribution in [0.2, 0.25) is 0 Å². The molecule has 0 saturated heterocycles. The zero-order valence-electron chi connectivity index (χ0n) is 12.3. The molecule has 2 aromatic rings. The van der Waals surface area contributed by atoms with E-state index in [0.717, 1.165) is 21.8 Å². The predicted octanol–water partition coefficient (Wildman–Crippen LogP) is 3.71. The van der Waals surface area contributed by atoms with Gasteiger partial charge in [-0.25, -0.2) is 0 Å². The zero-order chi connectivity index (χ0) is 15.9. The number of thioether (sulfide) groups is 1. The number of rotatable bonds is 7. The smallest absolute Gasteiger partial charge is 0.303 e. The minimum Gasteiger partial charge on any atom is -0.507 e. The molecule has 0 aliphatic heterocycles. The summed E-state index contributed by atoms with van der Waals surface area (Å²) >= 11 is 1.49. The first-order chi connectivity index (χ1) is 10.6. The van der Waals surface area contributed by atoms with Gasteiger partial charge in [0, 0.05) is 11.3 Å². The van der Waals surface area contributed by atoms with E-state index < -0.39 is 5.97 Å². The van der Waals surface area contributed by atoms with Crippen molar-refractivity contribution in [1.29, 1.82) is 0 Å². The van der Waals surface area contributed by atoms with Gasteiger partial charge in [0.05, 0.1) is 0 Å². The molecule has 0 spiro atoms. The Kier molecular flexibility index (Phi) is 5.72. The van der Waals surface area contributed by atoms with Gasteiger partial charge in [0.2, 0.25) is 0 Å². The van der Waals surface area contributed by atoms with Crippen molar-refractivity contribution in [1.82, 2.24) is 0 Å². The molecule has 0 atom stereocenters. The van der Waals surface area contributed by atoms with Crippen LogP contribution in [-0.2, 0) is 17.8 Å². The summed E-state index contributed by atoms with van der Waals surface area (Å²) in [5, 5.41) is 18.3. The highest BCUT2D eigenvalue weighted by atomic mass is 32.2. The maximum atomic E-state index is 10.5. The van der Waals surface area contributed by atoms with E-state index in [1.165, 1.54) is 11.8 Å². The lowest BCUT2D eigenvalue weighted by Crippen LogP contribution is -1.98. The fourth-order valence-corrected chi connectivity index (χ4v) is 2.53. The summed E-state index contributed by atoms with van der Waals surface area (Å²) in [5.74, 6) is 0.217. The molecule has 116 valence electrons. The number of hydrogen-bond acceptors (Lipinski definition) is 4. The first kappa shape index (κ1) is 16.2. The molecule has 0 bridgehead atoms. The Balaban J connectivity index is 1.92. The zero-order valence-corrected chi connectivity index (χ0v) is 13.1. The summed E-state index contributed by atoms with van der Waals surface area (Å²) in [6.45, 7) is 0.419. The maximum absolute atomic E-state index is 10.5. The molecule has 0 amide bonds. The Labute approximate surface area is 133 Å². The molecule has 0 aliphatic rings. The summed E-state index contributed by atoms with van der Waals surface area (Å²) in [6.07, 6.45) is 2.56. The van der Waals surface area contributed by atoms with Crippen molar-refractivity contribution in [2.75, 3.05) is 6.26 Å². The summed E-state index contributed by atoms with van der Waals surface area (Å²) in [7, 11) is 0. The van der Waals surface area contributed by atoms with E-state index in [-0.39, 0.29) is 12.2 Å². The van der Waals surface area contributed by atoms with Crippen LogP contribution in [0.25, 0.3) is 0 Å². The third-order valence-electron chi connectivity index (χ3n) is 3.20. The lowest BCUT2D eigenvalue weighted by Gasteiger charge is -2.09. The first-order valence-electron chi connectivity index (χ1n) is 6.88. The predicted molar refractivity (Wildman–Crippen MR) is 86.6 cm³/mol. The molecular weight excluding hydrogens is 300 g/mol. The highest BCUT2D eigenvalue weighted by Crippen LogP contribution is 2.27. The van der Waals surface area contributed by atoms with Gasteiger partial charge in [-0.1, -0.05) is 18.2 Å². The highest BCUT2D eigenvalue weighted by molar-refractivity contribution is 7.98. The van der Waals surface area contributed by atoms with Crippen molar-refractivity contribution >= 4 is 17.7 Å². The fourth-order valence-electron chi connectivity index (χ4n) is 1.98. The number of ether oxygens (including phenoxy) is 1. The fraction of sp³-hybridized carbons (Fsp3) is 0.235. The summed E-state index contributed by atoms with van der Waals surface area (Å²) in [6, 6.07) is 12.8. The van der Waals surface area contributed by atoms with Crippen molar-refractivity contribution < 1.29 is 19.7 Å². The number of carboxylic acid groups (broad SMARTS) is 1. The van der Waals surface area contributed by atoms with Gasteiger partial charge in [0.15, 0.2) is 0 Å². The van der Waals surface area contributed by atoms with E-state index in [1.54, 1.807) is 6.07 Å². The third kappa shape index (κ3) is 4.70. The van der Waals surface area contributed by atoms with Gasteiger partial charge in [0.1, 0.15) is 18.1 Å².